The van der Waals surface area contributed by atoms with Crippen molar-refractivity contribution in [1.82, 2.24) is 4.90 Å². The predicted octanol–water partition coefficient (Wildman–Crippen LogP) is 2.26. The number of nitrogens with two attached hydrogens (primary N) is 1. The molecule has 0 aromatic carbocycles. The predicted molar refractivity (Wildman–Crippen MR) is 69.2 cm³/mol. The van der Waals surface area contributed by atoms with Gasteiger partial charge in [0.1, 0.15) is 0 Å². The molecule has 1 unspecified atom stereocenters. The Bertz CT molecular complexity index is 192. The van der Waals surface area contributed by atoms with Crippen molar-refractivity contribution in [2.45, 2.75) is 47.0 Å². The fourth-order valence-corrected chi connectivity index (χ4v) is 2.03. The average Bonchev–Trinajstić information content (AvgIpc) is 2.23. The number of rotatable bonds is 8. The van der Waals surface area contributed by atoms with Gasteiger partial charge in [0.15, 0.2) is 0 Å². The van der Waals surface area contributed by atoms with Crippen LogP contribution in [0.1, 0.15) is 47.0 Å². The molecule has 0 saturated heterocycles. The Morgan fingerprint density at radius 3 is 2.31 bits per heavy atom. The van der Waals surface area contributed by atoms with Gasteiger partial charge < -0.3 is 10.6 Å². The molecule has 0 aromatic rings. The van der Waals surface area contributed by atoms with Crippen molar-refractivity contribution < 1.29 is 4.79 Å². The van der Waals surface area contributed by atoms with Crippen LogP contribution >= 0.6 is 0 Å². The Balaban J connectivity index is 4.16. The molecule has 0 rings (SSSR count). The van der Waals surface area contributed by atoms with Gasteiger partial charge in [-0.05, 0) is 38.1 Å². The van der Waals surface area contributed by atoms with Crippen LogP contribution in [0.4, 0.5) is 0 Å². The van der Waals surface area contributed by atoms with Crippen LogP contribution in [0.2, 0.25) is 0 Å². The highest BCUT2D eigenvalue weighted by Gasteiger charge is 2.17. The number of hydrogen-bond acceptors (Lipinski definition) is 2. The van der Waals surface area contributed by atoms with Crippen LogP contribution in [-0.2, 0) is 4.79 Å². The van der Waals surface area contributed by atoms with Gasteiger partial charge in [0.05, 0.1) is 0 Å². The highest BCUT2D eigenvalue weighted by molar-refractivity contribution is 5.76. The number of amides is 1. The molecule has 0 fully saturated rings. The maximum atomic E-state index is 12.0. The molecule has 0 aliphatic rings. The molecular weight excluding hydrogens is 200 g/mol. The fourth-order valence-electron chi connectivity index (χ4n) is 2.03. The second-order valence-electron chi connectivity index (χ2n) is 4.91. The van der Waals surface area contributed by atoms with Crippen LogP contribution < -0.4 is 5.73 Å². The van der Waals surface area contributed by atoms with Gasteiger partial charge >= 0.3 is 0 Å². The van der Waals surface area contributed by atoms with Crippen molar-refractivity contribution in [3.63, 3.8) is 0 Å². The van der Waals surface area contributed by atoms with Gasteiger partial charge in [0.2, 0.25) is 5.91 Å². The Morgan fingerprint density at radius 1 is 1.31 bits per heavy atom. The average molecular weight is 228 g/mol. The normalized spacial score (nSPS) is 12.9. The van der Waals surface area contributed by atoms with Crippen LogP contribution in [-0.4, -0.2) is 30.4 Å². The second kappa shape index (κ2) is 8.57. The standard InChI is InChI=1S/C13H28N2O/c1-5-7-15(6-2)13(16)9-12(10-14)8-11(3)4/h11-12H,5-10,14H2,1-4H3. The third-order valence-corrected chi connectivity index (χ3v) is 2.83. The van der Waals surface area contributed by atoms with Crippen molar-refractivity contribution in [2.24, 2.45) is 17.6 Å². The summed E-state index contributed by atoms with van der Waals surface area (Å²) in [5, 5.41) is 0. The number of carbonyl (C=O) groups is 1. The minimum atomic E-state index is 0.264. The summed E-state index contributed by atoms with van der Waals surface area (Å²) in [7, 11) is 0. The highest BCUT2D eigenvalue weighted by atomic mass is 16.2. The molecule has 3 heteroatoms. The molecule has 0 radical (unpaired) electrons. The van der Waals surface area contributed by atoms with Crippen LogP contribution in [0.15, 0.2) is 0 Å². The van der Waals surface area contributed by atoms with Crippen LogP contribution in [0.5, 0.6) is 0 Å². The van der Waals surface area contributed by atoms with Gasteiger partial charge in [0.25, 0.3) is 0 Å². The van der Waals surface area contributed by atoms with E-state index in [0.717, 1.165) is 25.9 Å². The molecule has 2 N–H and O–H groups in total. The van der Waals surface area contributed by atoms with Crippen LogP contribution in [0, 0.1) is 11.8 Å². The molecule has 0 aliphatic carbocycles. The summed E-state index contributed by atoms with van der Waals surface area (Å²) < 4.78 is 0. The van der Waals surface area contributed by atoms with Gasteiger partial charge in [-0.15, -0.1) is 0 Å². The van der Waals surface area contributed by atoms with Gasteiger partial charge in [-0.2, -0.15) is 0 Å². The topological polar surface area (TPSA) is 46.3 Å². The molecule has 1 amide bonds. The molecule has 0 aromatic heterocycles. The number of hydrogen-bond donors (Lipinski definition) is 1. The monoisotopic (exact) mass is 228 g/mol. The third kappa shape index (κ3) is 6.11. The van der Waals surface area contributed by atoms with E-state index >= 15 is 0 Å². The van der Waals surface area contributed by atoms with E-state index in [4.69, 9.17) is 5.73 Å². The Hall–Kier alpha value is -0.570. The first kappa shape index (κ1) is 15.4. The summed E-state index contributed by atoms with van der Waals surface area (Å²) in [5.41, 5.74) is 5.71. The molecule has 1 atom stereocenters. The van der Waals surface area contributed by atoms with E-state index in [-0.39, 0.29) is 5.91 Å². The molecule has 3 nitrogen and oxygen atoms in total. The summed E-state index contributed by atoms with van der Waals surface area (Å²) in [4.78, 5) is 13.9. The van der Waals surface area contributed by atoms with Crippen LogP contribution in [0.25, 0.3) is 0 Å². The Labute approximate surface area is 100 Å². The van der Waals surface area contributed by atoms with E-state index in [1.807, 2.05) is 11.8 Å². The molecule has 0 spiro atoms. The molecule has 16 heavy (non-hydrogen) atoms. The van der Waals surface area contributed by atoms with E-state index in [1.54, 1.807) is 0 Å². The molecule has 96 valence electrons. The summed E-state index contributed by atoms with van der Waals surface area (Å²) >= 11 is 0. The quantitative estimate of drug-likeness (QED) is 0.692. The minimum Gasteiger partial charge on any atom is -0.343 e. The van der Waals surface area contributed by atoms with Gasteiger partial charge in [0, 0.05) is 19.5 Å². The third-order valence-electron chi connectivity index (χ3n) is 2.83. The Kier molecular flexibility index (Phi) is 8.26. The van der Waals surface area contributed by atoms with Crippen molar-refractivity contribution >= 4 is 5.91 Å². The van der Waals surface area contributed by atoms with Gasteiger partial charge in [-0.3, -0.25) is 4.79 Å². The summed E-state index contributed by atoms with van der Waals surface area (Å²) in [6.07, 6.45) is 2.69. The van der Waals surface area contributed by atoms with Crippen molar-refractivity contribution in [3.05, 3.63) is 0 Å². The lowest BCUT2D eigenvalue weighted by atomic mass is 9.94. The van der Waals surface area contributed by atoms with Gasteiger partial charge in [-0.25, -0.2) is 0 Å². The molecule has 0 saturated carbocycles. The first-order valence-corrected chi connectivity index (χ1v) is 6.52. The molecular formula is C13H28N2O. The maximum Gasteiger partial charge on any atom is 0.222 e. The maximum absolute atomic E-state index is 12.0. The lowest BCUT2D eigenvalue weighted by Crippen LogP contribution is -2.34. The van der Waals surface area contributed by atoms with E-state index < -0.39 is 0 Å². The summed E-state index contributed by atoms with van der Waals surface area (Å²) in [6, 6.07) is 0. The van der Waals surface area contributed by atoms with Crippen molar-refractivity contribution in [2.75, 3.05) is 19.6 Å². The van der Waals surface area contributed by atoms with E-state index in [0.29, 0.717) is 24.8 Å². The lowest BCUT2D eigenvalue weighted by molar-refractivity contribution is -0.132. The molecule has 0 heterocycles. The second-order valence-corrected chi connectivity index (χ2v) is 4.91. The van der Waals surface area contributed by atoms with E-state index in [2.05, 4.69) is 20.8 Å². The zero-order valence-electron chi connectivity index (χ0n) is 11.3. The number of carbonyl (C=O) groups excluding carboxylic acids is 1. The van der Waals surface area contributed by atoms with Crippen molar-refractivity contribution in [1.29, 1.82) is 0 Å². The number of nitrogens with zero attached hydrogens (tertiary/aromatic N) is 1. The molecule has 0 bridgehead atoms. The summed E-state index contributed by atoms with van der Waals surface area (Å²) in [6.45, 7) is 10.8. The summed E-state index contributed by atoms with van der Waals surface area (Å²) in [5.74, 6) is 1.22. The first-order chi connectivity index (χ1) is 7.54. The van der Waals surface area contributed by atoms with Gasteiger partial charge in [-0.1, -0.05) is 20.8 Å². The highest BCUT2D eigenvalue weighted by Crippen LogP contribution is 2.15. The van der Waals surface area contributed by atoms with Crippen molar-refractivity contribution in [3.8, 4) is 0 Å². The lowest BCUT2D eigenvalue weighted by Gasteiger charge is -2.23. The largest absolute Gasteiger partial charge is 0.343 e. The zero-order chi connectivity index (χ0) is 12.6. The fraction of sp³-hybridized carbons (Fsp3) is 0.923. The Morgan fingerprint density at radius 2 is 1.94 bits per heavy atom. The zero-order valence-corrected chi connectivity index (χ0v) is 11.3. The van der Waals surface area contributed by atoms with E-state index in [9.17, 15) is 4.79 Å². The van der Waals surface area contributed by atoms with Crippen LogP contribution in [0.3, 0.4) is 0 Å². The van der Waals surface area contributed by atoms with E-state index in [1.165, 1.54) is 0 Å². The minimum absolute atomic E-state index is 0.264. The first-order valence-electron chi connectivity index (χ1n) is 6.52. The molecule has 0 aliphatic heterocycles. The smallest absolute Gasteiger partial charge is 0.222 e. The SMILES string of the molecule is CCCN(CC)C(=O)CC(CN)CC(C)C.